The van der Waals surface area contributed by atoms with Crippen molar-refractivity contribution in [3.8, 4) is 0 Å². The van der Waals surface area contributed by atoms with Crippen LogP contribution < -0.4 is 10.6 Å². The first kappa shape index (κ1) is 12.0. The van der Waals surface area contributed by atoms with Gasteiger partial charge in [0, 0.05) is 6.04 Å². The van der Waals surface area contributed by atoms with Crippen LogP contribution in [0.2, 0.25) is 0 Å². The second-order valence-electron chi connectivity index (χ2n) is 3.60. The third-order valence-electron chi connectivity index (χ3n) is 2.10. The van der Waals surface area contributed by atoms with E-state index in [0.717, 1.165) is 18.6 Å². The van der Waals surface area contributed by atoms with E-state index in [-0.39, 0.29) is 0 Å². The van der Waals surface area contributed by atoms with Gasteiger partial charge in [-0.2, -0.15) is 0 Å². The number of nitrogens with one attached hydrogen (secondary N) is 2. The van der Waals surface area contributed by atoms with E-state index in [1.54, 1.807) is 6.26 Å². The molecule has 0 saturated carbocycles. The average molecular weight is 226 g/mol. The van der Waals surface area contributed by atoms with Crippen molar-refractivity contribution in [2.24, 2.45) is 0 Å². The van der Waals surface area contributed by atoms with Crippen molar-refractivity contribution < 1.29 is 4.42 Å². The predicted octanol–water partition coefficient (Wildman–Crippen LogP) is 2.43. The summed E-state index contributed by atoms with van der Waals surface area (Å²) >= 11 is 5.15. The Morgan fingerprint density at radius 1 is 1.60 bits per heavy atom. The Hall–Kier alpha value is -1.03. The summed E-state index contributed by atoms with van der Waals surface area (Å²) in [5.41, 5.74) is 0. The van der Waals surface area contributed by atoms with E-state index in [4.69, 9.17) is 16.6 Å². The van der Waals surface area contributed by atoms with E-state index >= 15 is 0 Å². The molecular formula is C11H18N2OS. The number of thiocarbonyl (C=S) groups is 1. The van der Waals surface area contributed by atoms with E-state index in [2.05, 4.69) is 24.5 Å². The molecule has 3 nitrogen and oxygen atoms in total. The van der Waals surface area contributed by atoms with Gasteiger partial charge in [-0.1, -0.05) is 13.3 Å². The van der Waals surface area contributed by atoms with E-state index in [9.17, 15) is 0 Å². The predicted molar refractivity (Wildman–Crippen MR) is 65.7 cm³/mol. The molecule has 84 valence electrons. The molecule has 0 aliphatic carbocycles. The molecule has 2 N–H and O–H groups in total. The Morgan fingerprint density at radius 2 is 2.40 bits per heavy atom. The number of hydrogen-bond donors (Lipinski definition) is 2. The molecule has 1 atom stereocenters. The van der Waals surface area contributed by atoms with Crippen LogP contribution >= 0.6 is 12.2 Å². The standard InChI is InChI=1S/C11H18N2OS/c1-3-5-9(2)13-11(15)12-8-10-6-4-7-14-10/h4,6-7,9H,3,5,8H2,1-2H3,(H2,12,13,15). The summed E-state index contributed by atoms with van der Waals surface area (Å²) in [6, 6.07) is 4.21. The normalized spacial score (nSPS) is 12.1. The number of furan rings is 1. The molecule has 1 heterocycles. The Balaban J connectivity index is 2.19. The molecule has 0 aliphatic rings. The van der Waals surface area contributed by atoms with E-state index in [0.29, 0.717) is 17.7 Å². The molecule has 15 heavy (non-hydrogen) atoms. The largest absolute Gasteiger partial charge is 0.467 e. The summed E-state index contributed by atoms with van der Waals surface area (Å²) in [6.07, 6.45) is 3.95. The van der Waals surface area contributed by atoms with Crippen LogP contribution in [0.3, 0.4) is 0 Å². The molecule has 0 aliphatic heterocycles. The van der Waals surface area contributed by atoms with Crippen molar-refractivity contribution in [2.45, 2.75) is 39.3 Å². The fraction of sp³-hybridized carbons (Fsp3) is 0.545. The zero-order valence-electron chi connectivity index (χ0n) is 9.25. The maximum atomic E-state index is 5.19. The molecule has 1 rings (SSSR count). The highest BCUT2D eigenvalue weighted by Gasteiger charge is 2.02. The topological polar surface area (TPSA) is 37.2 Å². The van der Waals surface area contributed by atoms with Crippen molar-refractivity contribution in [1.82, 2.24) is 10.6 Å². The van der Waals surface area contributed by atoms with Gasteiger partial charge >= 0.3 is 0 Å². The zero-order valence-corrected chi connectivity index (χ0v) is 10.1. The van der Waals surface area contributed by atoms with Crippen LogP contribution in [-0.2, 0) is 6.54 Å². The first-order chi connectivity index (χ1) is 7.22. The molecule has 1 unspecified atom stereocenters. The third kappa shape index (κ3) is 4.83. The molecule has 0 saturated heterocycles. The smallest absolute Gasteiger partial charge is 0.166 e. The lowest BCUT2D eigenvalue weighted by molar-refractivity contribution is 0.500. The molecular weight excluding hydrogens is 208 g/mol. The second kappa shape index (κ2) is 6.45. The summed E-state index contributed by atoms with van der Waals surface area (Å²) in [7, 11) is 0. The van der Waals surface area contributed by atoms with E-state index < -0.39 is 0 Å². The average Bonchev–Trinajstić information content (AvgIpc) is 2.67. The van der Waals surface area contributed by atoms with E-state index in [1.165, 1.54) is 0 Å². The van der Waals surface area contributed by atoms with Gasteiger partial charge in [-0.15, -0.1) is 0 Å². The lowest BCUT2D eigenvalue weighted by atomic mass is 10.2. The molecule has 1 aromatic heterocycles. The molecule has 0 radical (unpaired) electrons. The van der Waals surface area contributed by atoms with Crippen LogP contribution in [0.25, 0.3) is 0 Å². The molecule has 4 heteroatoms. The van der Waals surface area contributed by atoms with Gasteiger partial charge in [0.25, 0.3) is 0 Å². The van der Waals surface area contributed by atoms with Gasteiger partial charge in [0.1, 0.15) is 5.76 Å². The van der Waals surface area contributed by atoms with Crippen molar-refractivity contribution in [1.29, 1.82) is 0 Å². The zero-order chi connectivity index (χ0) is 11.1. The summed E-state index contributed by atoms with van der Waals surface area (Å²) in [4.78, 5) is 0. The molecule has 0 fully saturated rings. The quantitative estimate of drug-likeness (QED) is 0.756. The monoisotopic (exact) mass is 226 g/mol. The van der Waals surface area contributed by atoms with Crippen LogP contribution in [0.15, 0.2) is 22.8 Å². The van der Waals surface area contributed by atoms with Crippen LogP contribution in [0.5, 0.6) is 0 Å². The van der Waals surface area contributed by atoms with Crippen LogP contribution in [0.4, 0.5) is 0 Å². The third-order valence-corrected chi connectivity index (χ3v) is 2.36. The van der Waals surface area contributed by atoms with Gasteiger partial charge < -0.3 is 15.1 Å². The molecule has 0 aromatic carbocycles. The minimum absolute atomic E-state index is 0.423. The summed E-state index contributed by atoms with van der Waals surface area (Å²) in [5, 5.41) is 7.01. The summed E-state index contributed by atoms with van der Waals surface area (Å²) in [6.45, 7) is 4.93. The van der Waals surface area contributed by atoms with Gasteiger partial charge in [-0.3, -0.25) is 0 Å². The van der Waals surface area contributed by atoms with Crippen molar-refractivity contribution in [3.63, 3.8) is 0 Å². The Labute approximate surface area is 96.2 Å². The van der Waals surface area contributed by atoms with Gasteiger partial charge in [-0.05, 0) is 37.7 Å². The lowest BCUT2D eigenvalue weighted by Crippen LogP contribution is -2.40. The maximum absolute atomic E-state index is 5.19. The van der Waals surface area contributed by atoms with Crippen LogP contribution in [-0.4, -0.2) is 11.2 Å². The van der Waals surface area contributed by atoms with Crippen molar-refractivity contribution in [2.75, 3.05) is 0 Å². The molecule has 0 spiro atoms. The first-order valence-corrected chi connectivity index (χ1v) is 5.70. The van der Waals surface area contributed by atoms with Gasteiger partial charge in [0.2, 0.25) is 0 Å². The molecule has 1 aromatic rings. The van der Waals surface area contributed by atoms with Gasteiger partial charge in [-0.25, -0.2) is 0 Å². The number of rotatable bonds is 5. The fourth-order valence-electron chi connectivity index (χ4n) is 1.36. The highest BCUT2D eigenvalue weighted by molar-refractivity contribution is 7.80. The maximum Gasteiger partial charge on any atom is 0.166 e. The minimum Gasteiger partial charge on any atom is -0.467 e. The van der Waals surface area contributed by atoms with Crippen molar-refractivity contribution in [3.05, 3.63) is 24.2 Å². The minimum atomic E-state index is 0.423. The van der Waals surface area contributed by atoms with E-state index in [1.807, 2.05) is 12.1 Å². The molecule has 0 amide bonds. The van der Waals surface area contributed by atoms with Gasteiger partial charge in [0.15, 0.2) is 5.11 Å². The highest BCUT2D eigenvalue weighted by atomic mass is 32.1. The fourth-order valence-corrected chi connectivity index (χ4v) is 1.63. The Bertz CT molecular complexity index is 285. The SMILES string of the molecule is CCCC(C)NC(=S)NCc1ccco1. The van der Waals surface area contributed by atoms with Crippen molar-refractivity contribution >= 4 is 17.3 Å². The summed E-state index contributed by atoms with van der Waals surface area (Å²) < 4.78 is 5.19. The second-order valence-corrected chi connectivity index (χ2v) is 4.00. The Morgan fingerprint density at radius 3 is 3.00 bits per heavy atom. The lowest BCUT2D eigenvalue weighted by Gasteiger charge is -2.15. The molecule has 0 bridgehead atoms. The number of hydrogen-bond acceptors (Lipinski definition) is 2. The Kier molecular flexibility index (Phi) is 5.18. The van der Waals surface area contributed by atoms with Crippen LogP contribution in [0.1, 0.15) is 32.4 Å². The van der Waals surface area contributed by atoms with Crippen LogP contribution in [0, 0.1) is 0 Å². The summed E-state index contributed by atoms with van der Waals surface area (Å²) in [5.74, 6) is 0.891. The highest BCUT2D eigenvalue weighted by Crippen LogP contribution is 1.99. The van der Waals surface area contributed by atoms with Gasteiger partial charge in [0.05, 0.1) is 12.8 Å². The first-order valence-electron chi connectivity index (χ1n) is 5.29.